The van der Waals surface area contributed by atoms with Gasteiger partial charge in [0.05, 0.1) is 12.1 Å². The van der Waals surface area contributed by atoms with Gasteiger partial charge in [-0.05, 0) is 42.3 Å². The van der Waals surface area contributed by atoms with Crippen LogP contribution in [0.15, 0.2) is 24.3 Å². The fraction of sp³-hybridized carbons (Fsp3) is 0.562. The highest BCUT2D eigenvalue weighted by molar-refractivity contribution is 5.85. The summed E-state index contributed by atoms with van der Waals surface area (Å²) in [6, 6.07) is 8.67. The second-order valence-corrected chi connectivity index (χ2v) is 6.39. The first-order valence-electron chi connectivity index (χ1n) is 7.21. The van der Waals surface area contributed by atoms with Gasteiger partial charge in [0.25, 0.3) is 0 Å². The van der Waals surface area contributed by atoms with Crippen LogP contribution < -0.4 is 10.6 Å². The molecule has 1 heterocycles. The number of fused-ring (bicyclic) bond motifs is 1. The lowest BCUT2D eigenvalue weighted by Crippen LogP contribution is -2.41. The van der Waals surface area contributed by atoms with Gasteiger partial charge in [-0.3, -0.25) is 4.79 Å². The smallest absolute Gasteiger partial charge is 0.237 e. The van der Waals surface area contributed by atoms with Gasteiger partial charge in [-0.25, -0.2) is 0 Å². The van der Waals surface area contributed by atoms with Crippen LogP contribution in [0.2, 0.25) is 0 Å². The minimum atomic E-state index is 0. The number of amides is 1. The largest absolute Gasteiger partial charge is 0.348 e. The summed E-state index contributed by atoms with van der Waals surface area (Å²) in [5.41, 5.74) is 2.82. The highest BCUT2D eigenvalue weighted by atomic mass is 35.5. The molecule has 1 amide bonds. The molecule has 2 aliphatic rings. The number of hydrogen-bond acceptors (Lipinski definition) is 2. The fourth-order valence-electron chi connectivity index (χ4n) is 3.46. The van der Waals surface area contributed by atoms with Crippen LogP contribution in [0, 0.1) is 0 Å². The Kier molecular flexibility index (Phi) is 4.40. The first kappa shape index (κ1) is 15.3. The van der Waals surface area contributed by atoms with E-state index in [1.54, 1.807) is 0 Å². The predicted molar refractivity (Wildman–Crippen MR) is 83.2 cm³/mol. The average Bonchev–Trinajstić information content (AvgIpc) is 2.98. The molecule has 1 fully saturated rings. The zero-order valence-electron chi connectivity index (χ0n) is 12.1. The summed E-state index contributed by atoms with van der Waals surface area (Å²) in [5, 5.41) is 6.49. The van der Waals surface area contributed by atoms with Crippen LogP contribution in [0.4, 0.5) is 0 Å². The predicted octanol–water partition coefficient (Wildman–Crippen LogP) is 2.70. The maximum Gasteiger partial charge on any atom is 0.237 e. The van der Waals surface area contributed by atoms with Gasteiger partial charge in [-0.15, -0.1) is 12.4 Å². The SMILES string of the molecule is CC1(C)CC(NC(=O)C2CCCN2)c2ccccc21.Cl. The van der Waals surface area contributed by atoms with Gasteiger partial charge in [0.15, 0.2) is 0 Å². The van der Waals surface area contributed by atoms with Crippen molar-refractivity contribution in [2.24, 2.45) is 0 Å². The van der Waals surface area contributed by atoms with Crippen LogP contribution in [-0.4, -0.2) is 18.5 Å². The van der Waals surface area contributed by atoms with Crippen molar-refractivity contribution in [3.8, 4) is 0 Å². The van der Waals surface area contributed by atoms with Crippen molar-refractivity contribution in [1.29, 1.82) is 0 Å². The van der Waals surface area contributed by atoms with Crippen molar-refractivity contribution in [3.05, 3.63) is 35.4 Å². The van der Waals surface area contributed by atoms with Crippen molar-refractivity contribution in [1.82, 2.24) is 10.6 Å². The quantitative estimate of drug-likeness (QED) is 0.880. The normalized spacial score (nSPS) is 26.7. The topological polar surface area (TPSA) is 41.1 Å². The summed E-state index contributed by atoms with van der Waals surface area (Å²) in [6.07, 6.45) is 3.05. The molecule has 0 saturated carbocycles. The molecular formula is C16H23ClN2O. The van der Waals surface area contributed by atoms with E-state index in [2.05, 4.69) is 48.7 Å². The zero-order valence-corrected chi connectivity index (χ0v) is 12.9. The Bertz CT molecular complexity index is 495. The molecule has 3 nitrogen and oxygen atoms in total. The van der Waals surface area contributed by atoms with Gasteiger partial charge in [0.2, 0.25) is 5.91 Å². The lowest BCUT2D eigenvalue weighted by Gasteiger charge is -2.20. The summed E-state index contributed by atoms with van der Waals surface area (Å²) in [4.78, 5) is 12.2. The van der Waals surface area contributed by atoms with Crippen LogP contribution in [0.3, 0.4) is 0 Å². The molecule has 1 aliphatic carbocycles. The standard InChI is InChI=1S/C16H22N2O.ClH/c1-16(2)10-14(11-6-3-4-7-12(11)16)18-15(19)13-8-5-9-17-13;/h3-4,6-7,13-14,17H,5,8-10H2,1-2H3,(H,18,19);1H. The molecule has 1 aromatic rings. The van der Waals surface area contributed by atoms with Gasteiger partial charge >= 0.3 is 0 Å². The first-order chi connectivity index (χ1) is 9.08. The lowest BCUT2D eigenvalue weighted by atomic mass is 9.86. The molecule has 2 N–H and O–H groups in total. The van der Waals surface area contributed by atoms with E-state index in [0.717, 1.165) is 25.8 Å². The Labute approximate surface area is 126 Å². The van der Waals surface area contributed by atoms with Crippen LogP contribution in [0.5, 0.6) is 0 Å². The minimum absolute atomic E-state index is 0. The molecule has 1 aliphatic heterocycles. The van der Waals surface area contributed by atoms with E-state index in [1.165, 1.54) is 11.1 Å². The van der Waals surface area contributed by atoms with E-state index < -0.39 is 0 Å². The van der Waals surface area contributed by atoms with Gasteiger partial charge in [-0.1, -0.05) is 38.1 Å². The molecule has 1 saturated heterocycles. The molecule has 0 spiro atoms. The number of rotatable bonds is 2. The van der Waals surface area contributed by atoms with E-state index >= 15 is 0 Å². The Balaban J connectivity index is 0.00000147. The van der Waals surface area contributed by atoms with Crippen molar-refractivity contribution >= 4 is 18.3 Å². The molecule has 110 valence electrons. The van der Waals surface area contributed by atoms with Crippen LogP contribution in [0.25, 0.3) is 0 Å². The Morgan fingerprint density at radius 2 is 2.10 bits per heavy atom. The Morgan fingerprint density at radius 1 is 1.35 bits per heavy atom. The number of benzene rings is 1. The molecule has 1 aromatic carbocycles. The second kappa shape index (κ2) is 5.74. The second-order valence-electron chi connectivity index (χ2n) is 6.39. The third-order valence-corrected chi connectivity index (χ3v) is 4.47. The maximum atomic E-state index is 12.2. The first-order valence-corrected chi connectivity index (χ1v) is 7.21. The van der Waals surface area contributed by atoms with Crippen molar-refractivity contribution in [3.63, 3.8) is 0 Å². The lowest BCUT2D eigenvalue weighted by molar-refractivity contribution is -0.123. The molecule has 2 unspecified atom stereocenters. The highest BCUT2D eigenvalue weighted by Gasteiger charge is 2.38. The molecular weight excluding hydrogens is 272 g/mol. The van der Waals surface area contributed by atoms with Crippen LogP contribution in [0.1, 0.15) is 50.3 Å². The molecule has 20 heavy (non-hydrogen) atoms. The fourth-order valence-corrected chi connectivity index (χ4v) is 3.46. The van der Waals surface area contributed by atoms with E-state index in [-0.39, 0.29) is 35.8 Å². The van der Waals surface area contributed by atoms with Gasteiger partial charge in [0, 0.05) is 0 Å². The van der Waals surface area contributed by atoms with Gasteiger partial charge < -0.3 is 10.6 Å². The number of halogens is 1. The summed E-state index contributed by atoms with van der Waals surface area (Å²) < 4.78 is 0. The van der Waals surface area contributed by atoms with Gasteiger partial charge in [-0.2, -0.15) is 0 Å². The molecule has 2 atom stereocenters. The zero-order chi connectivity index (χ0) is 13.5. The summed E-state index contributed by atoms with van der Waals surface area (Å²) in [6.45, 7) is 5.47. The number of carbonyl (C=O) groups is 1. The van der Waals surface area contributed by atoms with E-state index in [4.69, 9.17) is 0 Å². The minimum Gasteiger partial charge on any atom is -0.348 e. The molecule has 0 radical (unpaired) electrons. The molecule has 0 bridgehead atoms. The molecule has 0 aromatic heterocycles. The summed E-state index contributed by atoms with van der Waals surface area (Å²) in [5.74, 6) is 0.162. The number of nitrogens with one attached hydrogen (secondary N) is 2. The monoisotopic (exact) mass is 294 g/mol. The number of hydrogen-bond donors (Lipinski definition) is 2. The third-order valence-electron chi connectivity index (χ3n) is 4.47. The average molecular weight is 295 g/mol. The summed E-state index contributed by atoms with van der Waals surface area (Å²) in [7, 11) is 0. The van der Waals surface area contributed by atoms with E-state index in [1.807, 2.05) is 0 Å². The van der Waals surface area contributed by atoms with E-state index in [0.29, 0.717) is 0 Å². The molecule has 4 heteroatoms. The van der Waals surface area contributed by atoms with Crippen molar-refractivity contribution in [2.45, 2.75) is 50.6 Å². The van der Waals surface area contributed by atoms with Gasteiger partial charge in [0.1, 0.15) is 0 Å². The summed E-state index contributed by atoms with van der Waals surface area (Å²) >= 11 is 0. The van der Waals surface area contributed by atoms with E-state index in [9.17, 15) is 4.79 Å². The third kappa shape index (κ3) is 2.70. The highest BCUT2D eigenvalue weighted by Crippen LogP contribution is 2.44. The van der Waals surface area contributed by atoms with Crippen LogP contribution in [-0.2, 0) is 10.2 Å². The van der Waals surface area contributed by atoms with Crippen molar-refractivity contribution in [2.75, 3.05) is 6.54 Å². The number of carbonyl (C=O) groups excluding carboxylic acids is 1. The van der Waals surface area contributed by atoms with Crippen LogP contribution >= 0.6 is 12.4 Å². The van der Waals surface area contributed by atoms with Crippen molar-refractivity contribution < 1.29 is 4.79 Å². The maximum absolute atomic E-state index is 12.2. The Hall–Kier alpha value is -1.06. The molecule has 3 rings (SSSR count). The Morgan fingerprint density at radius 3 is 2.80 bits per heavy atom.